The maximum atomic E-state index is 10.8. The lowest BCUT2D eigenvalue weighted by Crippen LogP contribution is -2.48. The molecule has 16 heavy (non-hydrogen) atoms. The van der Waals surface area contributed by atoms with Gasteiger partial charge in [-0.15, -0.1) is 0 Å². The summed E-state index contributed by atoms with van der Waals surface area (Å²) in [5.41, 5.74) is -0.0746. The normalized spacial score (nSPS) is 30.6. The van der Waals surface area contributed by atoms with Crippen LogP contribution in [-0.2, 0) is 9.53 Å². The average molecular weight is 229 g/mol. The van der Waals surface area contributed by atoms with Crippen LogP contribution in [0.15, 0.2) is 0 Å². The number of likely N-dealkylation sites (N-methyl/N-ethyl adjacent to an activating group) is 1. The molecule has 0 bridgehead atoms. The second-order valence-electron chi connectivity index (χ2n) is 4.76. The summed E-state index contributed by atoms with van der Waals surface area (Å²) in [5, 5.41) is 8.86. The molecule has 0 spiro atoms. The molecule has 1 saturated heterocycles. The number of ether oxygens (including phenoxy) is 1. The minimum absolute atomic E-state index is 0.0746. The van der Waals surface area contributed by atoms with Crippen LogP contribution in [0.4, 0.5) is 0 Å². The molecule has 0 radical (unpaired) electrons. The second-order valence-corrected chi connectivity index (χ2v) is 4.76. The van der Waals surface area contributed by atoms with E-state index in [2.05, 4.69) is 13.8 Å². The van der Waals surface area contributed by atoms with Crippen molar-refractivity contribution in [2.24, 2.45) is 0 Å². The average Bonchev–Trinajstić information content (AvgIpc) is 2.25. The van der Waals surface area contributed by atoms with Crippen LogP contribution in [0, 0.1) is 0 Å². The van der Waals surface area contributed by atoms with E-state index in [1.54, 1.807) is 0 Å². The molecule has 1 fully saturated rings. The lowest BCUT2D eigenvalue weighted by molar-refractivity contribution is -0.141. The summed E-state index contributed by atoms with van der Waals surface area (Å²) < 4.78 is 5.77. The standard InChI is InChI=1S/C12H23NO3/c1-4-12(3)8-10(6-7-16-12)13(5-2)9-11(14)15/h10H,4-9H2,1-3H3,(H,14,15). The van der Waals surface area contributed by atoms with Crippen LogP contribution in [0.3, 0.4) is 0 Å². The SMILES string of the molecule is CCN(CC(=O)O)C1CCOC(C)(CC)C1. The predicted octanol–water partition coefficient (Wildman–Crippen LogP) is 1.74. The van der Waals surface area contributed by atoms with Gasteiger partial charge in [0.2, 0.25) is 0 Å². The molecular formula is C12H23NO3. The molecule has 4 nitrogen and oxygen atoms in total. The Hall–Kier alpha value is -0.610. The molecule has 2 atom stereocenters. The third-order valence-corrected chi connectivity index (χ3v) is 3.58. The van der Waals surface area contributed by atoms with Gasteiger partial charge in [0, 0.05) is 12.6 Å². The zero-order valence-corrected chi connectivity index (χ0v) is 10.5. The zero-order valence-electron chi connectivity index (χ0n) is 10.5. The fourth-order valence-corrected chi connectivity index (χ4v) is 2.33. The molecule has 0 aliphatic carbocycles. The van der Waals surface area contributed by atoms with Gasteiger partial charge in [0.1, 0.15) is 0 Å². The van der Waals surface area contributed by atoms with Crippen molar-refractivity contribution in [2.45, 2.75) is 51.7 Å². The molecule has 1 heterocycles. The smallest absolute Gasteiger partial charge is 0.317 e. The topological polar surface area (TPSA) is 49.8 Å². The molecule has 0 saturated carbocycles. The minimum Gasteiger partial charge on any atom is -0.480 e. The van der Waals surface area contributed by atoms with Gasteiger partial charge in [0.05, 0.1) is 12.1 Å². The molecule has 0 aromatic carbocycles. The largest absolute Gasteiger partial charge is 0.480 e. The summed E-state index contributed by atoms with van der Waals surface area (Å²) in [6.45, 7) is 7.92. The van der Waals surface area contributed by atoms with Crippen LogP contribution in [0.2, 0.25) is 0 Å². The van der Waals surface area contributed by atoms with Crippen molar-refractivity contribution >= 4 is 5.97 Å². The van der Waals surface area contributed by atoms with Crippen LogP contribution in [-0.4, -0.2) is 47.3 Å². The lowest BCUT2D eigenvalue weighted by atomic mass is 9.89. The molecule has 1 N–H and O–H groups in total. The minimum atomic E-state index is -0.744. The Labute approximate surface area is 97.6 Å². The van der Waals surface area contributed by atoms with Gasteiger partial charge in [-0.1, -0.05) is 13.8 Å². The highest BCUT2D eigenvalue weighted by atomic mass is 16.5. The Morgan fingerprint density at radius 1 is 1.56 bits per heavy atom. The monoisotopic (exact) mass is 229 g/mol. The summed E-state index contributed by atoms with van der Waals surface area (Å²) in [5.74, 6) is -0.744. The van der Waals surface area contributed by atoms with E-state index in [0.29, 0.717) is 6.04 Å². The fourth-order valence-electron chi connectivity index (χ4n) is 2.33. The third kappa shape index (κ3) is 3.46. The van der Waals surface area contributed by atoms with E-state index < -0.39 is 5.97 Å². The highest BCUT2D eigenvalue weighted by Crippen LogP contribution is 2.30. The molecule has 0 aromatic heterocycles. The Morgan fingerprint density at radius 2 is 2.25 bits per heavy atom. The lowest BCUT2D eigenvalue weighted by Gasteiger charge is -2.42. The highest BCUT2D eigenvalue weighted by molar-refractivity contribution is 5.69. The van der Waals surface area contributed by atoms with Crippen LogP contribution in [0.25, 0.3) is 0 Å². The van der Waals surface area contributed by atoms with Crippen molar-refractivity contribution in [3.05, 3.63) is 0 Å². The maximum absolute atomic E-state index is 10.8. The van der Waals surface area contributed by atoms with Crippen LogP contribution in [0.1, 0.15) is 40.0 Å². The van der Waals surface area contributed by atoms with Gasteiger partial charge in [-0.3, -0.25) is 9.69 Å². The van der Waals surface area contributed by atoms with Crippen molar-refractivity contribution in [2.75, 3.05) is 19.7 Å². The first-order chi connectivity index (χ1) is 7.50. The predicted molar refractivity (Wildman–Crippen MR) is 62.6 cm³/mol. The van der Waals surface area contributed by atoms with E-state index in [-0.39, 0.29) is 12.1 Å². The van der Waals surface area contributed by atoms with Crippen molar-refractivity contribution in [1.82, 2.24) is 4.90 Å². The Morgan fingerprint density at radius 3 is 2.75 bits per heavy atom. The maximum Gasteiger partial charge on any atom is 0.317 e. The summed E-state index contributed by atoms with van der Waals surface area (Å²) in [6, 6.07) is 0.347. The number of carboxylic acids is 1. The summed E-state index contributed by atoms with van der Waals surface area (Å²) in [4.78, 5) is 12.8. The summed E-state index contributed by atoms with van der Waals surface area (Å²) in [6.07, 6.45) is 2.86. The third-order valence-electron chi connectivity index (χ3n) is 3.58. The van der Waals surface area contributed by atoms with Gasteiger partial charge in [-0.25, -0.2) is 0 Å². The number of nitrogens with zero attached hydrogens (tertiary/aromatic N) is 1. The number of aliphatic carboxylic acids is 1. The molecule has 94 valence electrons. The van der Waals surface area contributed by atoms with E-state index in [4.69, 9.17) is 9.84 Å². The van der Waals surface area contributed by atoms with Crippen molar-refractivity contribution in [3.8, 4) is 0 Å². The first-order valence-corrected chi connectivity index (χ1v) is 6.10. The molecule has 1 aliphatic rings. The Kier molecular flexibility index (Phi) is 4.74. The molecular weight excluding hydrogens is 206 g/mol. The van der Waals surface area contributed by atoms with Gasteiger partial charge in [0.15, 0.2) is 0 Å². The Bertz CT molecular complexity index is 244. The second kappa shape index (κ2) is 5.64. The van der Waals surface area contributed by atoms with Gasteiger partial charge in [-0.05, 0) is 32.7 Å². The van der Waals surface area contributed by atoms with Crippen molar-refractivity contribution in [1.29, 1.82) is 0 Å². The van der Waals surface area contributed by atoms with E-state index in [1.165, 1.54) is 0 Å². The quantitative estimate of drug-likeness (QED) is 0.780. The van der Waals surface area contributed by atoms with E-state index in [1.807, 2.05) is 11.8 Å². The van der Waals surface area contributed by atoms with E-state index in [0.717, 1.165) is 32.4 Å². The van der Waals surface area contributed by atoms with Crippen molar-refractivity contribution < 1.29 is 14.6 Å². The van der Waals surface area contributed by atoms with Crippen LogP contribution >= 0.6 is 0 Å². The highest BCUT2D eigenvalue weighted by Gasteiger charge is 2.34. The molecule has 2 unspecified atom stereocenters. The first kappa shape index (κ1) is 13.5. The molecule has 0 amide bonds. The molecule has 0 aromatic rings. The van der Waals surface area contributed by atoms with Crippen molar-refractivity contribution in [3.63, 3.8) is 0 Å². The Balaban J connectivity index is 2.60. The van der Waals surface area contributed by atoms with Gasteiger partial charge in [0.25, 0.3) is 0 Å². The van der Waals surface area contributed by atoms with E-state index >= 15 is 0 Å². The number of hydrogen-bond acceptors (Lipinski definition) is 3. The molecule has 4 heteroatoms. The van der Waals surface area contributed by atoms with Crippen LogP contribution in [0.5, 0.6) is 0 Å². The number of hydrogen-bond donors (Lipinski definition) is 1. The van der Waals surface area contributed by atoms with Gasteiger partial charge < -0.3 is 9.84 Å². The van der Waals surface area contributed by atoms with Gasteiger partial charge in [-0.2, -0.15) is 0 Å². The molecule has 1 rings (SSSR count). The summed E-state index contributed by atoms with van der Waals surface area (Å²) in [7, 11) is 0. The fraction of sp³-hybridized carbons (Fsp3) is 0.917. The number of rotatable bonds is 5. The van der Waals surface area contributed by atoms with Crippen LogP contribution < -0.4 is 0 Å². The summed E-state index contributed by atoms with van der Waals surface area (Å²) >= 11 is 0. The van der Waals surface area contributed by atoms with E-state index in [9.17, 15) is 4.79 Å². The number of carbonyl (C=O) groups is 1. The first-order valence-electron chi connectivity index (χ1n) is 6.10. The zero-order chi connectivity index (χ0) is 12.2. The number of carboxylic acid groups (broad SMARTS) is 1. The van der Waals surface area contributed by atoms with Gasteiger partial charge >= 0.3 is 5.97 Å². The molecule has 1 aliphatic heterocycles.